The van der Waals surface area contributed by atoms with E-state index in [0.29, 0.717) is 6.42 Å². The zero-order valence-corrected chi connectivity index (χ0v) is 9.21. The zero-order valence-electron chi connectivity index (χ0n) is 9.21. The van der Waals surface area contributed by atoms with Crippen LogP contribution in [-0.4, -0.2) is 5.67 Å². The first-order chi connectivity index (χ1) is 5.43. The number of alkyl halides is 1. The Morgan fingerprint density at radius 2 is 1.42 bits per heavy atom. The lowest BCUT2D eigenvalue weighted by Crippen LogP contribution is -2.39. The van der Waals surface area contributed by atoms with Crippen molar-refractivity contribution in [2.24, 2.45) is 5.41 Å². The molecule has 0 heterocycles. The predicted molar refractivity (Wildman–Crippen MR) is 53.1 cm³/mol. The summed E-state index contributed by atoms with van der Waals surface area (Å²) in [6.45, 7) is 10.0. The molecule has 0 aliphatic carbocycles. The second-order valence-corrected chi connectivity index (χ2v) is 4.22. The summed E-state index contributed by atoms with van der Waals surface area (Å²) in [5, 5.41) is 0. The minimum absolute atomic E-state index is 0.136. The van der Waals surface area contributed by atoms with Crippen LogP contribution in [0.15, 0.2) is 0 Å². The summed E-state index contributed by atoms with van der Waals surface area (Å²) >= 11 is 0. The first kappa shape index (κ1) is 11.9. The quantitative estimate of drug-likeness (QED) is 0.581. The van der Waals surface area contributed by atoms with E-state index in [1.165, 1.54) is 0 Å². The van der Waals surface area contributed by atoms with E-state index >= 15 is 0 Å². The van der Waals surface area contributed by atoms with Crippen LogP contribution in [0.1, 0.15) is 60.3 Å². The van der Waals surface area contributed by atoms with Crippen LogP contribution in [0.4, 0.5) is 4.39 Å². The summed E-state index contributed by atoms with van der Waals surface area (Å²) in [4.78, 5) is 0. The Labute approximate surface area is 76.6 Å². The van der Waals surface area contributed by atoms with Crippen LogP contribution in [0, 0.1) is 5.41 Å². The SMILES string of the molecule is CCC[C@](C)(F)C(C)(CC)CC. The average molecular weight is 174 g/mol. The molecule has 1 heteroatoms. The molecule has 0 aliphatic heterocycles. The van der Waals surface area contributed by atoms with Crippen molar-refractivity contribution in [2.45, 2.75) is 66.0 Å². The Bertz CT molecular complexity index is 123. The number of rotatable bonds is 5. The molecule has 0 bridgehead atoms. The predicted octanol–water partition coefficient (Wildman–Crippen LogP) is 4.34. The Kier molecular flexibility index (Phi) is 4.22. The lowest BCUT2D eigenvalue weighted by molar-refractivity contribution is 0.00461. The maximum absolute atomic E-state index is 14.1. The molecule has 0 fully saturated rings. The third kappa shape index (κ3) is 2.21. The fourth-order valence-corrected chi connectivity index (χ4v) is 1.76. The molecule has 1 atom stereocenters. The van der Waals surface area contributed by atoms with Crippen LogP contribution >= 0.6 is 0 Å². The Morgan fingerprint density at radius 3 is 1.67 bits per heavy atom. The molecule has 0 N–H and O–H groups in total. The lowest BCUT2D eigenvalue weighted by Gasteiger charge is -2.39. The highest BCUT2D eigenvalue weighted by Gasteiger charge is 2.41. The van der Waals surface area contributed by atoms with Gasteiger partial charge in [0.05, 0.1) is 0 Å². The topological polar surface area (TPSA) is 0 Å². The minimum atomic E-state index is -0.995. The molecule has 12 heavy (non-hydrogen) atoms. The number of hydrogen-bond donors (Lipinski definition) is 0. The third-order valence-electron chi connectivity index (χ3n) is 3.54. The van der Waals surface area contributed by atoms with Crippen molar-refractivity contribution in [3.05, 3.63) is 0 Å². The van der Waals surface area contributed by atoms with E-state index in [0.717, 1.165) is 19.3 Å². The first-order valence-corrected chi connectivity index (χ1v) is 5.12. The molecule has 0 saturated carbocycles. The highest BCUT2D eigenvalue weighted by molar-refractivity contribution is 4.91. The number of hydrogen-bond acceptors (Lipinski definition) is 0. The summed E-state index contributed by atoms with van der Waals surface area (Å²) in [5.74, 6) is 0. The smallest absolute Gasteiger partial charge is 0.113 e. The van der Waals surface area contributed by atoms with E-state index in [-0.39, 0.29) is 5.41 Å². The molecule has 74 valence electrons. The average Bonchev–Trinajstić information content (AvgIpc) is 2.02. The van der Waals surface area contributed by atoms with Gasteiger partial charge in [-0.3, -0.25) is 0 Å². The molecule has 0 nitrogen and oxygen atoms in total. The zero-order chi connectivity index (χ0) is 9.83. The highest BCUT2D eigenvalue weighted by Crippen LogP contribution is 2.43. The standard InChI is InChI=1S/C11H23F/c1-6-9-11(5,12)10(4,7-2)8-3/h6-9H2,1-5H3/t11-/m0/s1. The van der Waals surface area contributed by atoms with Crippen molar-refractivity contribution in [3.8, 4) is 0 Å². The molecule has 0 aliphatic rings. The summed E-state index contributed by atoms with van der Waals surface area (Å²) < 4.78 is 14.1. The molecule has 0 amide bonds. The van der Waals surface area contributed by atoms with Gasteiger partial charge in [-0.05, 0) is 26.2 Å². The second kappa shape index (κ2) is 4.25. The van der Waals surface area contributed by atoms with Crippen molar-refractivity contribution in [1.29, 1.82) is 0 Å². The van der Waals surface area contributed by atoms with Crippen molar-refractivity contribution >= 4 is 0 Å². The summed E-state index contributed by atoms with van der Waals surface area (Å²) in [5.41, 5.74) is -1.13. The fraction of sp³-hybridized carbons (Fsp3) is 1.00. The van der Waals surface area contributed by atoms with E-state index in [2.05, 4.69) is 20.8 Å². The van der Waals surface area contributed by atoms with Crippen LogP contribution in [0.5, 0.6) is 0 Å². The minimum Gasteiger partial charge on any atom is -0.244 e. The van der Waals surface area contributed by atoms with E-state index in [4.69, 9.17) is 0 Å². The van der Waals surface area contributed by atoms with Crippen LogP contribution in [-0.2, 0) is 0 Å². The van der Waals surface area contributed by atoms with Gasteiger partial charge in [0, 0.05) is 5.41 Å². The lowest BCUT2D eigenvalue weighted by atomic mass is 9.70. The van der Waals surface area contributed by atoms with E-state index in [1.807, 2.05) is 6.92 Å². The van der Waals surface area contributed by atoms with Crippen molar-refractivity contribution in [3.63, 3.8) is 0 Å². The largest absolute Gasteiger partial charge is 0.244 e. The van der Waals surface area contributed by atoms with Crippen molar-refractivity contribution in [1.82, 2.24) is 0 Å². The van der Waals surface area contributed by atoms with Gasteiger partial charge in [0.2, 0.25) is 0 Å². The molecule has 0 aromatic heterocycles. The molecule has 0 rings (SSSR count). The van der Waals surface area contributed by atoms with E-state index in [1.54, 1.807) is 6.92 Å². The van der Waals surface area contributed by atoms with Gasteiger partial charge in [0.1, 0.15) is 5.67 Å². The highest BCUT2D eigenvalue weighted by atomic mass is 19.1. The summed E-state index contributed by atoms with van der Waals surface area (Å²) in [6.07, 6.45) is 3.47. The van der Waals surface area contributed by atoms with Gasteiger partial charge in [0.25, 0.3) is 0 Å². The maximum Gasteiger partial charge on any atom is 0.113 e. The Morgan fingerprint density at radius 1 is 1.00 bits per heavy atom. The molecule has 0 aromatic carbocycles. The second-order valence-electron chi connectivity index (χ2n) is 4.22. The van der Waals surface area contributed by atoms with E-state index < -0.39 is 5.67 Å². The van der Waals surface area contributed by atoms with Gasteiger partial charge in [-0.2, -0.15) is 0 Å². The van der Waals surface area contributed by atoms with Gasteiger partial charge in [-0.15, -0.1) is 0 Å². The van der Waals surface area contributed by atoms with E-state index in [9.17, 15) is 4.39 Å². The normalized spacial score (nSPS) is 17.5. The molecule has 0 saturated heterocycles. The molecule has 0 unspecified atom stereocenters. The molecule has 0 spiro atoms. The molecular formula is C11H23F. The van der Waals surface area contributed by atoms with Gasteiger partial charge in [-0.1, -0.05) is 34.1 Å². The van der Waals surface area contributed by atoms with Crippen LogP contribution in [0.2, 0.25) is 0 Å². The Hall–Kier alpha value is -0.0700. The van der Waals surface area contributed by atoms with Crippen LogP contribution in [0.3, 0.4) is 0 Å². The molecule has 0 aromatic rings. The first-order valence-electron chi connectivity index (χ1n) is 5.12. The number of halogens is 1. The van der Waals surface area contributed by atoms with Gasteiger partial charge in [0.15, 0.2) is 0 Å². The summed E-state index contributed by atoms with van der Waals surface area (Å²) in [7, 11) is 0. The fourth-order valence-electron chi connectivity index (χ4n) is 1.76. The molecular weight excluding hydrogens is 151 g/mol. The van der Waals surface area contributed by atoms with Gasteiger partial charge >= 0.3 is 0 Å². The van der Waals surface area contributed by atoms with Crippen LogP contribution in [0.25, 0.3) is 0 Å². The Balaban J connectivity index is 4.46. The summed E-state index contributed by atoms with van der Waals surface area (Å²) in [6, 6.07) is 0. The third-order valence-corrected chi connectivity index (χ3v) is 3.54. The van der Waals surface area contributed by atoms with Gasteiger partial charge in [-0.25, -0.2) is 4.39 Å². The van der Waals surface area contributed by atoms with Crippen molar-refractivity contribution in [2.75, 3.05) is 0 Å². The van der Waals surface area contributed by atoms with Crippen LogP contribution < -0.4 is 0 Å². The maximum atomic E-state index is 14.1. The van der Waals surface area contributed by atoms with Gasteiger partial charge < -0.3 is 0 Å². The van der Waals surface area contributed by atoms with Crippen molar-refractivity contribution < 1.29 is 4.39 Å². The monoisotopic (exact) mass is 174 g/mol. The molecule has 0 radical (unpaired) electrons.